The molecule has 0 bridgehead atoms. The van der Waals surface area contributed by atoms with Gasteiger partial charge in [-0.25, -0.2) is 8.42 Å². The number of benzene rings is 2. The van der Waals surface area contributed by atoms with Crippen LogP contribution in [-0.4, -0.2) is 34.0 Å². The Hall–Kier alpha value is -3.82. The molecule has 2 aromatic carbocycles. The molecule has 3 aromatic heterocycles. The lowest BCUT2D eigenvalue weighted by atomic mass is 10.00. The predicted octanol–water partition coefficient (Wildman–Crippen LogP) is 4.64. The van der Waals surface area contributed by atoms with E-state index >= 15 is 0 Å². The molecule has 10 heteroatoms. The van der Waals surface area contributed by atoms with Gasteiger partial charge in [0.25, 0.3) is 5.56 Å². The quantitative estimate of drug-likeness (QED) is 0.375. The van der Waals surface area contributed by atoms with Crippen LogP contribution in [0.15, 0.2) is 70.7 Å². The van der Waals surface area contributed by atoms with Crippen LogP contribution in [0.5, 0.6) is 0 Å². The molecule has 0 atom stereocenters. The highest BCUT2D eigenvalue weighted by Crippen LogP contribution is 2.46. The maximum absolute atomic E-state index is 13.2. The number of hydrogen-bond donors (Lipinski definition) is 1. The molecule has 36 heavy (non-hydrogen) atoms. The summed E-state index contributed by atoms with van der Waals surface area (Å²) in [7, 11) is 0.0841. The summed E-state index contributed by atoms with van der Waals surface area (Å²) in [5.74, 6) is 0. The van der Waals surface area contributed by atoms with Gasteiger partial charge in [0.1, 0.15) is 5.52 Å². The Morgan fingerprint density at radius 1 is 1.03 bits per heavy atom. The molecular weight excluding hydrogens is 498 g/mol. The molecule has 8 nitrogen and oxygen atoms in total. The Morgan fingerprint density at radius 2 is 1.78 bits per heavy atom. The van der Waals surface area contributed by atoms with E-state index in [2.05, 4.69) is 15.0 Å². The van der Waals surface area contributed by atoms with Crippen LogP contribution in [0.25, 0.3) is 33.3 Å². The minimum atomic E-state index is -3.46. The van der Waals surface area contributed by atoms with Crippen molar-refractivity contribution in [1.82, 2.24) is 19.3 Å². The number of aromatic amines is 1. The zero-order valence-electron chi connectivity index (χ0n) is 19.8. The SMILES string of the molecule is Cn1cc(-c2[nH]c3c(=O)n(C)cc4c3c2CN(c2ccc(Cl)cc2)c2ccc(S(C)(=O)=O)cc2-4)cn1. The molecule has 0 saturated heterocycles. The lowest BCUT2D eigenvalue weighted by Gasteiger charge is -2.26. The van der Waals surface area contributed by atoms with E-state index in [1.807, 2.05) is 43.6 Å². The third-order valence-electron chi connectivity index (χ3n) is 6.66. The number of nitrogens with zero attached hydrogens (tertiary/aromatic N) is 4. The second-order valence-electron chi connectivity index (χ2n) is 9.10. The van der Waals surface area contributed by atoms with Crippen LogP contribution < -0.4 is 10.5 Å². The monoisotopic (exact) mass is 519 g/mol. The van der Waals surface area contributed by atoms with Crippen LogP contribution in [0, 0.1) is 0 Å². The number of halogens is 1. The van der Waals surface area contributed by atoms with E-state index in [0.29, 0.717) is 17.1 Å². The van der Waals surface area contributed by atoms with Gasteiger partial charge >= 0.3 is 0 Å². The summed E-state index contributed by atoms with van der Waals surface area (Å²) >= 11 is 6.18. The molecule has 0 aliphatic carbocycles. The first kappa shape index (κ1) is 22.6. The summed E-state index contributed by atoms with van der Waals surface area (Å²) < 4.78 is 28.2. The van der Waals surface area contributed by atoms with E-state index in [1.54, 1.807) is 36.3 Å². The zero-order valence-corrected chi connectivity index (χ0v) is 21.4. The minimum absolute atomic E-state index is 0.161. The van der Waals surface area contributed by atoms with Crippen molar-refractivity contribution >= 4 is 43.7 Å². The standard InChI is InChI=1S/C26H22ClN5O3S/c1-30-13-20-19-10-18(36(3,34)35)8-9-22(19)32(17-6-4-16(27)5-7-17)14-21-23(20)25(26(30)33)29-24(21)15-11-28-31(2)12-15/h4-13,29H,14H2,1-3H3. The van der Waals surface area contributed by atoms with Gasteiger partial charge in [0.15, 0.2) is 9.84 Å². The molecule has 1 N–H and O–H groups in total. The topological polar surface area (TPSA) is 93.0 Å². The van der Waals surface area contributed by atoms with E-state index in [4.69, 9.17) is 11.6 Å². The summed E-state index contributed by atoms with van der Waals surface area (Å²) in [6.45, 7) is 0.442. The third kappa shape index (κ3) is 3.46. The summed E-state index contributed by atoms with van der Waals surface area (Å²) in [6.07, 6.45) is 6.64. The fraction of sp³-hybridized carbons (Fsp3) is 0.154. The first-order chi connectivity index (χ1) is 17.1. The van der Waals surface area contributed by atoms with Crippen LogP contribution in [0.3, 0.4) is 0 Å². The number of hydrogen-bond acceptors (Lipinski definition) is 5. The van der Waals surface area contributed by atoms with Crippen LogP contribution >= 0.6 is 11.6 Å². The molecular formula is C26H22ClN5O3S. The molecule has 0 fully saturated rings. The fourth-order valence-corrected chi connectivity index (χ4v) is 5.71. The molecule has 6 rings (SSSR count). The number of fused-ring (bicyclic) bond motifs is 2. The zero-order chi connectivity index (χ0) is 25.4. The van der Waals surface area contributed by atoms with Gasteiger partial charge in [-0.1, -0.05) is 11.6 Å². The van der Waals surface area contributed by atoms with Crippen LogP contribution in [0.2, 0.25) is 5.02 Å². The Labute approximate surface area is 212 Å². The molecule has 0 radical (unpaired) electrons. The average Bonchev–Trinajstić information content (AvgIpc) is 3.40. The summed E-state index contributed by atoms with van der Waals surface area (Å²) in [4.78, 5) is 18.9. The van der Waals surface area contributed by atoms with Gasteiger partial charge < -0.3 is 14.5 Å². The molecule has 0 unspecified atom stereocenters. The van der Waals surface area contributed by atoms with Crippen LogP contribution in [-0.2, 0) is 30.5 Å². The smallest absolute Gasteiger partial charge is 0.274 e. The number of rotatable bonds is 3. The number of H-pyrrole nitrogens is 1. The van der Waals surface area contributed by atoms with E-state index in [-0.39, 0.29) is 10.5 Å². The van der Waals surface area contributed by atoms with Crippen molar-refractivity contribution in [2.75, 3.05) is 11.2 Å². The predicted molar refractivity (Wildman–Crippen MR) is 142 cm³/mol. The third-order valence-corrected chi connectivity index (χ3v) is 8.02. The number of nitrogens with one attached hydrogen (secondary N) is 1. The number of aromatic nitrogens is 4. The highest BCUT2D eigenvalue weighted by atomic mass is 35.5. The van der Waals surface area contributed by atoms with Gasteiger partial charge in [-0.15, -0.1) is 0 Å². The molecule has 4 heterocycles. The van der Waals surface area contributed by atoms with Crippen molar-refractivity contribution in [3.8, 4) is 22.4 Å². The van der Waals surface area contributed by atoms with Crippen LogP contribution in [0.4, 0.5) is 11.4 Å². The van der Waals surface area contributed by atoms with E-state index in [0.717, 1.165) is 44.7 Å². The van der Waals surface area contributed by atoms with Gasteiger partial charge in [0.05, 0.1) is 23.3 Å². The molecule has 0 saturated carbocycles. The number of sulfone groups is 1. The average molecular weight is 520 g/mol. The molecule has 0 amide bonds. The number of pyridine rings is 1. The highest BCUT2D eigenvalue weighted by molar-refractivity contribution is 7.90. The summed E-state index contributed by atoms with van der Waals surface area (Å²) in [6, 6.07) is 12.7. The Morgan fingerprint density at radius 3 is 2.44 bits per heavy atom. The number of aryl methyl sites for hydroxylation is 2. The molecule has 0 spiro atoms. The fourth-order valence-electron chi connectivity index (χ4n) is 4.94. The first-order valence-electron chi connectivity index (χ1n) is 11.2. The van der Waals surface area contributed by atoms with Gasteiger partial charge in [-0.2, -0.15) is 5.10 Å². The van der Waals surface area contributed by atoms with Gasteiger partial charge in [0.2, 0.25) is 0 Å². The minimum Gasteiger partial charge on any atom is -0.350 e. The second-order valence-corrected chi connectivity index (χ2v) is 11.6. The van der Waals surface area contributed by atoms with Crippen LogP contribution in [0.1, 0.15) is 5.56 Å². The largest absolute Gasteiger partial charge is 0.350 e. The van der Waals surface area contributed by atoms with Crippen molar-refractivity contribution in [2.24, 2.45) is 14.1 Å². The lowest BCUT2D eigenvalue weighted by molar-refractivity contribution is 0.602. The molecule has 1 aliphatic heterocycles. The molecule has 182 valence electrons. The van der Waals surface area contributed by atoms with E-state index in [9.17, 15) is 13.2 Å². The summed E-state index contributed by atoms with van der Waals surface area (Å²) in [5, 5.41) is 5.72. The first-order valence-corrected chi connectivity index (χ1v) is 13.5. The van der Waals surface area contributed by atoms with E-state index < -0.39 is 9.84 Å². The Balaban J connectivity index is 1.75. The molecule has 1 aliphatic rings. The van der Waals surface area contributed by atoms with E-state index in [1.165, 1.54) is 10.8 Å². The highest BCUT2D eigenvalue weighted by Gasteiger charge is 2.29. The Bertz CT molecular complexity index is 1850. The van der Waals surface area contributed by atoms with Crippen molar-refractivity contribution in [3.63, 3.8) is 0 Å². The van der Waals surface area contributed by atoms with Gasteiger partial charge in [-0.05, 0) is 42.5 Å². The van der Waals surface area contributed by atoms with Gasteiger partial charge in [0, 0.05) is 76.8 Å². The molecule has 5 aromatic rings. The lowest BCUT2D eigenvalue weighted by Crippen LogP contribution is -2.17. The van der Waals surface area contributed by atoms with Gasteiger partial charge in [-0.3, -0.25) is 9.48 Å². The summed E-state index contributed by atoms with van der Waals surface area (Å²) in [5.41, 5.74) is 6.13. The maximum Gasteiger partial charge on any atom is 0.274 e. The van der Waals surface area contributed by atoms with Crippen molar-refractivity contribution < 1.29 is 8.42 Å². The Kier molecular flexibility index (Phi) is 4.93. The normalized spacial score (nSPS) is 13.2. The maximum atomic E-state index is 13.2. The van der Waals surface area contributed by atoms with Crippen molar-refractivity contribution in [3.05, 3.63) is 82.0 Å². The van der Waals surface area contributed by atoms with Crippen molar-refractivity contribution in [1.29, 1.82) is 0 Å². The van der Waals surface area contributed by atoms with Crippen molar-refractivity contribution in [2.45, 2.75) is 11.4 Å². The number of anilines is 2. The second kappa shape index (κ2) is 7.84.